The molecule has 0 amide bonds. The van der Waals surface area contributed by atoms with Gasteiger partial charge in [0.25, 0.3) is 0 Å². The fraction of sp³-hybridized carbons (Fsp3) is 0.529. The number of rotatable bonds is 4. The second-order valence-corrected chi connectivity index (χ2v) is 5.86. The molecule has 0 bridgehead atoms. The standard InChI is InChI=1S/C17H20O5/c1-5-6-7-10-17(22-16(2,3)4)13(8-9-14(17)19)15(20)21-12-11-18/h8-9,12-13H,5,10H2,1-4H3. The summed E-state index contributed by atoms with van der Waals surface area (Å²) in [5.41, 5.74) is -2.08. The predicted molar refractivity (Wildman–Crippen MR) is 80.2 cm³/mol. The van der Waals surface area contributed by atoms with Gasteiger partial charge in [0.2, 0.25) is 0 Å². The Balaban J connectivity index is 3.20. The van der Waals surface area contributed by atoms with Crippen molar-refractivity contribution >= 4 is 17.7 Å². The van der Waals surface area contributed by atoms with Crippen molar-refractivity contribution in [2.75, 3.05) is 0 Å². The summed E-state index contributed by atoms with van der Waals surface area (Å²) in [5.74, 6) is 5.10. The zero-order chi connectivity index (χ0) is 16.8. The van der Waals surface area contributed by atoms with E-state index in [1.165, 1.54) is 18.1 Å². The van der Waals surface area contributed by atoms with Gasteiger partial charge in [-0.05, 0) is 26.8 Å². The number of hydrogen-bond acceptors (Lipinski definition) is 5. The average Bonchev–Trinajstić information content (AvgIpc) is 2.72. The van der Waals surface area contributed by atoms with Gasteiger partial charge in [0, 0.05) is 12.8 Å². The first-order chi connectivity index (χ1) is 10.3. The summed E-state index contributed by atoms with van der Waals surface area (Å²) < 4.78 is 10.6. The Hall–Kier alpha value is -2.15. The van der Waals surface area contributed by atoms with Crippen molar-refractivity contribution in [3.63, 3.8) is 0 Å². The van der Waals surface area contributed by atoms with Crippen molar-refractivity contribution in [1.29, 1.82) is 0 Å². The first kappa shape index (κ1) is 17.9. The van der Waals surface area contributed by atoms with Gasteiger partial charge in [0.15, 0.2) is 23.6 Å². The van der Waals surface area contributed by atoms with Crippen molar-refractivity contribution < 1.29 is 23.9 Å². The predicted octanol–water partition coefficient (Wildman–Crippen LogP) is 1.99. The molecule has 118 valence electrons. The van der Waals surface area contributed by atoms with Crippen LogP contribution in [0.5, 0.6) is 0 Å². The molecule has 1 aliphatic rings. The van der Waals surface area contributed by atoms with Crippen molar-refractivity contribution in [2.45, 2.75) is 51.7 Å². The molecule has 0 aromatic rings. The molecular weight excluding hydrogens is 284 g/mol. The van der Waals surface area contributed by atoms with Gasteiger partial charge in [-0.3, -0.25) is 9.59 Å². The van der Waals surface area contributed by atoms with Crippen LogP contribution >= 0.6 is 0 Å². The topological polar surface area (TPSA) is 69.7 Å². The number of carbonyl (C=O) groups excluding carboxylic acids is 3. The maximum absolute atomic E-state index is 12.4. The highest BCUT2D eigenvalue weighted by Crippen LogP contribution is 2.38. The second kappa shape index (κ2) is 7.22. The Bertz CT molecular complexity index is 578. The van der Waals surface area contributed by atoms with Crippen LogP contribution in [-0.2, 0) is 23.9 Å². The molecule has 0 radical (unpaired) electrons. The zero-order valence-corrected chi connectivity index (χ0v) is 13.3. The van der Waals surface area contributed by atoms with E-state index in [1.807, 2.05) is 6.92 Å². The largest absolute Gasteiger partial charge is 0.422 e. The molecule has 22 heavy (non-hydrogen) atoms. The van der Waals surface area contributed by atoms with Gasteiger partial charge in [-0.25, -0.2) is 4.79 Å². The highest BCUT2D eigenvalue weighted by molar-refractivity contribution is 6.05. The molecule has 1 rings (SSSR count). The van der Waals surface area contributed by atoms with Gasteiger partial charge in [-0.2, -0.15) is 0 Å². The highest BCUT2D eigenvalue weighted by Gasteiger charge is 2.53. The van der Waals surface area contributed by atoms with E-state index in [0.717, 1.165) is 0 Å². The Morgan fingerprint density at radius 3 is 2.64 bits per heavy atom. The lowest BCUT2D eigenvalue weighted by molar-refractivity contribution is -0.177. The first-order valence-corrected chi connectivity index (χ1v) is 7.05. The average molecular weight is 304 g/mol. The lowest BCUT2D eigenvalue weighted by Crippen LogP contribution is -2.51. The third-order valence-electron chi connectivity index (χ3n) is 2.98. The summed E-state index contributed by atoms with van der Waals surface area (Å²) in [5, 5.41) is 0. The molecule has 0 aliphatic heterocycles. The molecule has 0 saturated heterocycles. The van der Waals surface area contributed by atoms with Gasteiger partial charge in [0.1, 0.15) is 5.92 Å². The summed E-state index contributed by atoms with van der Waals surface area (Å²) >= 11 is 0. The van der Waals surface area contributed by atoms with Gasteiger partial charge in [-0.1, -0.05) is 18.9 Å². The van der Waals surface area contributed by atoms with E-state index in [0.29, 0.717) is 12.7 Å². The van der Waals surface area contributed by atoms with E-state index < -0.39 is 23.1 Å². The lowest BCUT2D eigenvalue weighted by atomic mass is 9.85. The monoisotopic (exact) mass is 304 g/mol. The number of esters is 1. The molecule has 5 heteroatoms. The molecule has 2 atom stereocenters. The van der Waals surface area contributed by atoms with Crippen molar-refractivity contribution in [3.8, 4) is 11.8 Å². The maximum atomic E-state index is 12.4. The minimum absolute atomic E-state index is 0.0779. The second-order valence-electron chi connectivity index (χ2n) is 5.86. The normalized spacial score (nSPS) is 23.5. The van der Waals surface area contributed by atoms with Gasteiger partial charge < -0.3 is 9.47 Å². The molecule has 0 spiro atoms. The minimum atomic E-state index is -1.42. The van der Waals surface area contributed by atoms with E-state index >= 15 is 0 Å². The molecule has 0 aromatic heterocycles. The number of carbonyl (C=O) groups is 2. The highest BCUT2D eigenvalue weighted by atomic mass is 16.5. The van der Waals surface area contributed by atoms with Crippen LogP contribution in [0.2, 0.25) is 0 Å². The smallest absolute Gasteiger partial charge is 0.321 e. The fourth-order valence-electron chi connectivity index (χ4n) is 2.27. The maximum Gasteiger partial charge on any atom is 0.321 e. The van der Waals surface area contributed by atoms with Crippen molar-refractivity contribution in [2.24, 2.45) is 5.92 Å². The molecule has 0 fully saturated rings. The number of ether oxygens (including phenoxy) is 2. The summed E-state index contributed by atoms with van der Waals surface area (Å²) in [6.45, 7) is 7.27. The molecule has 0 N–H and O–H groups in total. The quantitative estimate of drug-likeness (QED) is 0.344. The summed E-state index contributed by atoms with van der Waals surface area (Å²) in [4.78, 5) is 34.7. The summed E-state index contributed by atoms with van der Waals surface area (Å²) in [6, 6.07) is 0. The van der Waals surface area contributed by atoms with Gasteiger partial charge in [0.05, 0.1) is 5.60 Å². The van der Waals surface area contributed by atoms with E-state index in [1.54, 1.807) is 20.8 Å². The summed E-state index contributed by atoms with van der Waals surface area (Å²) in [6.07, 6.45) is 4.07. The van der Waals surface area contributed by atoms with Crippen LogP contribution < -0.4 is 0 Å². The van der Waals surface area contributed by atoms with Crippen LogP contribution in [0.4, 0.5) is 0 Å². The van der Waals surface area contributed by atoms with Gasteiger partial charge >= 0.3 is 5.97 Å². The molecule has 0 aromatic carbocycles. The lowest BCUT2D eigenvalue weighted by Gasteiger charge is -2.37. The number of hydrogen-bond donors (Lipinski definition) is 0. The van der Waals surface area contributed by atoms with E-state index in [9.17, 15) is 14.4 Å². The Labute approximate surface area is 130 Å². The van der Waals surface area contributed by atoms with Crippen molar-refractivity contribution in [1.82, 2.24) is 0 Å². The molecule has 0 saturated carbocycles. The third kappa shape index (κ3) is 4.17. The minimum Gasteiger partial charge on any atom is -0.422 e. The fourth-order valence-corrected chi connectivity index (χ4v) is 2.27. The van der Waals surface area contributed by atoms with Gasteiger partial charge in [-0.15, -0.1) is 5.92 Å². The Kier molecular flexibility index (Phi) is 5.87. The molecule has 0 heterocycles. The van der Waals surface area contributed by atoms with E-state index in [4.69, 9.17) is 4.74 Å². The van der Waals surface area contributed by atoms with Crippen LogP contribution in [0.3, 0.4) is 0 Å². The number of ketones is 1. The molecule has 2 unspecified atom stereocenters. The van der Waals surface area contributed by atoms with Crippen LogP contribution in [0, 0.1) is 17.8 Å². The van der Waals surface area contributed by atoms with Crippen LogP contribution in [0.25, 0.3) is 0 Å². The molecular formula is C17H20O5. The van der Waals surface area contributed by atoms with E-state index in [2.05, 4.69) is 16.6 Å². The first-order valence-electron chi connectivity index (χ1n) is 7.05. The molecule has 5 nitrogen and oxygen atoms in total. The SMILES string of the molecule is CCC#CCC1(OC(C)(C)C)C(=O)C=CC1C(=O)OC=C=O. The Morgan fingerprint density at radius 2 is 2.09 bits per heavy atom. The van der Waals surface area contributed by atoms with Crippen molar-refractivity contribution in [3.05, 3.63) is 18.4 Å². The van der Waals surface area contributed by atoms with Crippen LogP contribution in [0.15, 0.2) is 18.4 Å². The molecule has 1 aliphatic carbocycles. The van der Waals surface area contributed by atoms with E-state index in [-0.39, 0.29) is 12.2 Å². The van der Waals surface area contributed by atoms with Crippen LogP contribution in [0.1, 0.15) is 40.5 Å². The Morgan fingerprint density at radius 1 is 1.41 bits per heavy atom. The van der Waals surface area contributed by atoms with Crippen LogP contribution in [-0.4, -0.2) is 28.9 Å². The summed E-state index contributed by atoms with van der Waals surface area (Å²) in [7, 11) is 0. The third-order valence-corrected chi connectivity index (χ3v) is 2.98. The zero-order valence-electron chi connectivity index (χ0n) is 13.3.